The molecule has 174 valence electrons. The van der Waals surface area contributed by atoms with E-state index in [1.165, 1.54) is 58.0 Å². The summed E-state index contributed by atoms with van der Waals surface area (Å²) in [6, 6.07) is 14.8. The Morgan fingerprint density at radius 3 is 2.16 bits per heavy atom. The molecule has 2 aliphatic rings. The number of ether oxygens (including phenoxy) is 1. The van der Waals surface area contributed by atoms with Gasteiger partial charge in [-0.05, 0) is 74.0 Å². The Bertz CT molecular complexity index is 850. The lowest BCUT2D eigenvalue weighted by molar-refractivity contribution is 0.111. The Hall–Kier alpha value is -1.97. The smallest absolute Gasteiger partial charge is 0.118 e. The van der Waals surface area contributed by atoms with Gasteiger partial charge >= 0.3 is 0 Å². The average molecular weight is 455 g/mol. The first-order chi connectivity index (χ1) is 15.5. The van der Waals surface area contributed by atoms with Crippen LogP contribution in [-0.2, 0) is 0 Å². The van der Waals surface area contributed by atoms with Gasteiger partial charge in [0, 0.05) is 24.4 Å². The molecule has 0 aromatic heterocycles. The minimum Gasteiger partial charge on any atom is -0.497 e. The largest absolute Gasteiger partial charge is 0.497 e. The van der Waals surface area contributed by atoms with E-state index < -0.39 is 0 Å². The Kier molecular flexibility index (Phi) is 9.50. The van der Waals surface area contributed by atoms with Gasteiger partial charge in [-0.15, -0.1) is 0 Å². The van der Waals surface area contributed by atoms with Crippen molar-refractivity contribution in [2.24, 2.45) is 5.92 Å². The van der Waals surface area contributed by atoms with Crippen molar-refractivity contribution in [1.29, 1.82) is 0 Å². The fourth-order valence-corrected chi connectivity index (χ4v) is 4.99. The zero-order chi connectivity index (χ0) is 22.9. The molecule has 1 saturated heterocycles. The summed E-state index contributed by atoms with van der Waals surface area (Å²) in [6.45, 7) is 9.08. The molecule has 2 aromatic carbocycles. The summed E-state index contributed by atoms with van der Waals surface area (Å²) in [6.07, 6.45) is 10.3. The number of methoxy groups -OCH3 is 1. The molecule has 3 nitrogen and oxygen atoms in total. The van der Waals surface area contributed by atoms with Crippen molar-refractivity contribution < 1.29 is 4.74 Å². The highest BCUT2D eigenvalue weighted by atomic mass is 35.5. The molecule has 4 heteroatoms. The van der Waals surface area contributed by atoms with Gasteiger partial charge in [-0.25, -0.2) is 0 Å². The van der Waals surface area contributed by atoms with E-state index in [4.69, 9.17) is 16.3 Å². The van der Waals surface area contributed by atoms with Gasteiger partial charge in [0.05, 0.1) is 12.1 Å². The quantitative estimate of drug-likeness (QED) is 0.514. The van der Waals surface area contributed by atoms with E-state index in [1.807, 2.05) is 49.5 Å². The van der Waals surface area contributed by atoms with E-state index in [2.05, 4.69) is 23.7 Å². The molecule has 1 aliphatic heterocycles. The van der Waals surface area contributed by atoms with Crippen molar-refractivity contribution in [3.8, 4) is 16.9 Å². The molecule has 32 heavy (non-hydrogen) atoms. The molecule has 1 saturated carbocycles. The summed E-state index contributed by atoms with van der Waals surface area (Å²) in [5, 5.41) is 3.69. The number of nitrogens with one attached hydrogen (secondary N) is 1. The second-order valence-electron chi connectivity index (χ2n) is 9.16. The number of halogens is 1. The van der Waals surface area contributed by atoms with Gasteiger partial charge in [-0.3, -0.25) is 0 Å². The molecule has 0 atom stereocenters. The van der Waals surface area contributed by atoms with Crippen molar-refractivity contribution in [1.82, 2.24) is 10.2 Å². The molecule has 1 heterocycles. The number of hydrogen-bond acceptors (Lipinski definition) is 3. The third-order valence-corrected chi connectivity index (χ3v) is 7.24. The van der Waals surface area contributed by atoms with Crippen LogP contribution in [0.2, 0.25) is 5.02 Å². The fourth-order valence-electron chi connectivity index (χ4n) is 4.70. The molecule has 0 radical (unpaired) electrons. The van der Waals surface area contributed by atoms with Gasteiger partial charge in [0.1, 0.15) is 5.75 Å². The van der Waals surface area contributed by atoms with E-state index in [9.17, 15) is 0 Å². The number of benzene rings is 2. The van der Waals surface area contributed by atoms with Crippen LogP contribution in [0.15, 0.2) is 49.0 Å². The maximum atomic E-state index is 6.29. The first kappa shape index (κ1) is 24.7. The van der Waals surface area contributed by atoms with Crippen LogP contribution < -0.4 is 10.1 Å². The number of likely N-dealkylation sites (tertiary alicyclic amines) is 1. The molecule has 0 spiro atoms. The highest BCUT2D eigenvalue weighted by Crippen LogP contribution is 2.29. The fraction of sp³-hybridized carbons (Fsp3) is 0.500. The van der Waals surface area contributed by atoms with Gasteiger partial charge in [-0.2, -0.15) is 0 Å². The molecule has 0 amide bonds. The van der Waals surface area contributed by atoms with E-state index in [0.29, 0.717) is 5.02 Å². The lowest BCUT2D eigenvalue weighted by Gasteiger charge is -2.38. The van der Waals surface area contributed by atoms with Gasteiger partial charge in [0.25, 0.3) is 0 Å². The number of rotatable bonds is 5. The van der Waals surface area contributed by atoms with Crippen molar-refractivity contribution in [2.75, 3.05) is 27.2 Å². The number of nitrogens with zero attached hydrogens (tertiary/aromatic N) is 1. The lowest BCUT2D eigenvalue weighted by atomic mass is 9.91. The maximum Gasteiger partial charge on any atom is 0.118 e. The average Bonchev–Trinajstić information content (AvgIpc) is 2.85. The molecule has 1 aliphatic carbocycles. The van der Waals surface area contributed by atoms with Gasteiger partial charge in [0.2, 0.25) is 0 Å². The van der Waals surface area contributed by atoms with Crippen LogP contribution in [0.3, 0.4) is 0 Å². The summed E-state index contributed by atoms with van der Waals surface area (Å²) in [5.74, 6) is 1.83. The summed E-state index contributed by atoms with van der Waals surface area (Å²) < 4.78 is 5.15. The van der Waals surface area contributed by atoms with Crippen LogP contribution in [0.4, 0.5) is 0 Å². The van der Waals surface area contributed by atoms with Crippen molar-refractivity contribution in [3.63, 3.8) is 0 Å². The highest BCUT2D eigenvalue weighted by molar-refractivity contribution is 6.32. The minimum absolute atomic E-state index is 0.688. The monoisotopic (exact) mass is 454 g/mol. The SMILES string of the molecule is C=C(NC)c1ccc(-c2ccc(OC)cc2)cc1Cl.CC1CCN(C2CCCCC2)CC1. The Morgan fingerprint density at radius 1 is 0.969 bits per heavy atom. The van der Waals surface area contributed by atoms with E-state index in [0.717, 1.165) is 40.1 Å². The standard InChI is InChI=1S/C16H16ClNO.C12H23N/c1-11(18-2)15-9-6-13(10-16(15)17)12-4-7-14(19-3)8-5-12;1-11-7-9-13(10-8-11)12-5-3-2-4-6-12/h4-10,18H,1H2,2-3H3;11-12H,2-10H2,1H3. The zero-order valence-electron chi connectivity index (χ0n) is 20.0. The highest BCUT2D eigenvalue weighted by Gasteiger charge is 2.24. The van der Waals surface area contributed by atoms with E-state index in [1.54, 1.807) is 7.11 Å². The normalized spacial score (nSPS) is 17.9. The molecular formula is C28H39ClN2O. The number of hydrogen-bond donors (Lipinski definition) is 1. The molecule has 4 rings (SSSR count). The predicted octanol–water partition coefficient (Wildman–Crippen LogP) is 7.26. The topological polar surface area (TPSA) is 24.5 Å². The summed E-state index contributed by atoms with van der Waals surface area (Å²) in [4.78, 5) is 2.76. The van der Waals surface area contributed by atoms with Crippen LogP contribution >= 0.6 is 11.6 Å². The Labute approximate surface area is 199 Å². The van der Waals surface area contributed by atoms with Crippen molar-refractivity contribution in [2.45, 2.75) is 57.9 Å². The van der Waals surface area contributed by atoms with Crippen LogP contribution in [-0.4, -0.2) is 38.2 Å². The molecular weight excluding hydrogens is 416 g/mol. The second kappa shape index (κ2) is 12.3. The Balaban J connectivity index is 0.000000193. The first-order valence-electron chi connectivity index (χ1n) is 12.1. The van der Waals surface area contributed by atoms with E-state index >= 15 is 0 Å². The zero-order valence-corrected chi connectivity index (χ0v) is 20.8. The molecule has 0 unspecified atom stereocenters. The minimum atomic E-state index is 0.688. The van der Waals surface area contributed by atoms with Gasteiger partial charge in [0.15, 0.2) is 0 Å². The summed E-state index contributed by atoms with van der Waals surface area (Å²) in [5.41, 5.74) is 3.90. The summed E-state index contributed by atoms with van der Waals surface area (Å²) >= 11 is 6.29. The molecule has 2 aromatic rings. The Morgan fingerprint density at radius 2 is 1.59 bits per heavy atom. The van der Waals surface area contributed by atoms with Crippen LogP contribution in [0.25, 0.3) is 16.8 Å². The van der Waals surface area contributed by atoms with Crippen LogP contribution in [0.5, 0.6) is 5.75 Å². The third kappa shape index (κ3) is 6.76. The van der Waals surface area contributed by atoms with Crippen molar-refractivity contribution >= 4 is 17.3 Å². The predicted molar refractivity (Wildman–Crippen MR) is 138 cm³/mol. The van der Waals surface area contributed by atoms with Gasteiger partial charge < -0.3 is 15.0 Å². The number of piperidine rings is 1. The molecule has 2 fully saturated rings. The molecule has 0 bridgehead atoms. The molecule has 1 N–H and O–H groups in total. The van der Waals surface area contributed by atoms with Crippen LogP contribution in [0, 0.1) is 5.92 Å². The van der Waals surface area contributed by atoms with E-state index in [-0.39, 0.29) is 0 Å². The van der Waals surface area contributed by atoms with Crippen LogP contribution in [0.1, 0.15) is 57.4 Å². The third-order valence-electron chi connectivity index (χ3n) is 6.93. The first-order valence-corrected chi connectivity index (χ1v) is 12.4. The van der Waals surface area contributed by atoms with Gasteiger partial charge in [-0.1, -0.05) is 68.6 Å². The maximum absolute atomic E-state index is 6.29. The van der Waals surface area contributed by atoms with Crippen molar-refractivity contribution in [3.05, 3.63) is 59.6 Å². The lowest BCUT2D eigenvalue weighted by Crippen LogP contribution is -2.41. The summed E-state index contributed by atoms with van der Waals surface area (Å²) in [7, 11) is 3.49. The second-order valence-corrected chi connectivity index (χ2v) is 9.57.